The Hall–Kier alpha value is -3.56. The highest BCUT2D eigenvalue weighted by Gasteiger charge is 2.27. The summed E-state index contributed by atoms with van der Waals surface area (Å²) >= 11 is 0. The molecule has 0 aliphatic carbocycles. The number of pyridine rings is 1. The highest BCUT2D eigenvalue weighted by Crippen LogP contribution is 2.25. The first-order valence-corrected chi connectivity index (χ1v) is 12.4. The van der Waals surface area contributed by atoms with E-state index in [1.165, 1.54) is 26.2 Å². The lowest BCUT2D eigenvalue weighted by atomic mass is 10.0. The van der Waals surface area contributed by atoms with Gasteiger partial charge in [0.2, 0.25) is 0 Å². The molecule has 0 saturated carbocycles. The van der Waals surface area contributed by atoms with Crippen LogP contribution in [0.15, 0.2) is 36.7 Å². The Kier molecular flexibility index (Phi) is 7.18. The number of amides is 1. The van der Waals surface area contributed by atoms with Gasteiger partial charge in [-0.15, -0.1) is 0 Å². The van der Waals surface area contributed by atoms with Crippen molar-refractivity contribution in [3.8, 4) is 17.5 Å². The normalized spacial score (nSPS) is 12.8. The lowest BCUT2D eigenvalue weighted by molar-refractivity contribution is -0.00177. The summed E-state index contributed by atoms with van der Waals surface area (Å²) in [6.07, 6.45) is 2.13. The Bertz CT molecular complexity index is 1360. The van der Waals surface area contributed by atoms with Crippen LogP contribution in [0.1, 0.15) is 29.8 Å². The van der Waals surface area contributed by atoms with Crippen molar-refractivity contribution in [1.82, 2.24) is 19.9 Å². The molecule has 3 aromatic heterocycles. The van der Waals surface area contributed by atoms with Crippen LogP contribution in [0.2, 0.25) is 0 Å². The van der Waals surface area contributed by atoms with Crippen LogP contribution >= 0.6 is 0 Å². The van der Waals surface area contributed by atoms with Crippen molar-refractivity contribution in [1.29, 1.82) is 5.26 Å². The van der Waals surface area contributed by atoms with Gasteiger partial charge in [0.25, 0.3) is 5.91 Å². The third-order valence-electron chi connectivity index (χ3n) is 5.04. The first-order chi connectivity index (χ1) is 15.9. The molecule has 0 bridgehead atoms. The van der Waals surface area contributed by atoms with E-state index in [0.29, 0.717) is 28.2 Å². The van der Waals surface area contributed by atoms with Crippen molar-refractivity contribution < 1.29 is 22.7 Å². The van der Waals surface area contributed by atoms with E-state index >= 15 is 0 Å². The Labute approximate surface area is 196 Å². The summed E-state index contributed by atoms with van der Waals surface area (Å²) in [5.74, 6) is -0.798. The van der Waals surface area contributed by atoms with Crippen molar-refractivity contribution in [2.24, 2.45) is 0 Å². The number of rotatable bonds is 9. The zero-order valence-electron chi connectivity index (χ0n) is 18.9. The van der Waals surface area contributed by atoms with Crippen molar-refractivity contribution in [2.45, 2.75) is 25.6 Å². The maximum absolute atomic E-state index is 14.1. The molecule has 3 heterocycles. The number of nitriles is 1. The smallest absolute Gasteiger partial charge is 0.255 e. The number of carbonyl (C=O) groups excluding carboxylic acids is 1. The third kappa shape index (κ3) is 6.06. The van der Waals surface area contributed by atoms with E-state index in [1.54, 1.807) is 28.8 Å². The van der Waals surface area contributed by atoms with Crippen LogP contribution in [0, 0.1) is 11.3 Å². The van der Waals surface area contributed by atoms with Gasteiger partial charge in [-0.05, 0) is 38.1 Å². The predicted octanol–water partition coefficient (Wildman–Crippen LogP) is 1.56. The number of nitrogens with zero attached hydrogens (tertiary/aromatic N) is 4. The minimum Gasteiger partial charge on any atom is -0.387 e. The van der Waals surface area contributed by atoms with E-state index in [9.17, 15) is 22.7 Å². The number of hydrogen-bond donors (Lipinski definition) is 3. The van der Waals surface area contributed by atoms with Gasteiger partial charge >= 0.3 is 0 Å². The van der Waals surface area contributed by atoms with Crippen LogP contribution in [0.4, 0.5) is 10.1 Å². The molecule has 3 N–H and O–H groups in total. The van der Waals surface area contributed by atoms with Crippen LogP contribution in [0.25, 0.3) is 16.9 Å². The van der Waals surface area contributed by atoms with Gasteiger partial charge in [-0.2, -0.15) is 10.4 Å². The Balaban J connectivity index is 1.94. The van der Waals surface area contributed by atoms with Crippen LogP contribution in [0.5, 0.6) is 0 Å². The SMILES string of the molecule is CC(C)(O)[C@H](F)CNC(=O)c1cnc(-c2ccc3cc(C#N)cnn23)cc1NCCS(C)(=O)=O. The standard InChI is InChI=1S/C22H25FN6O4S/c1-22(2,31)20(23)13-27-21(30)16-12-26-18(9-17(16)25-6-7-34(3,32)33)19-5-4-15-8-14(10-24)11-28-29(15)19/h4-5,8-9,11-12,20,31H,6-7,13H2,1-3H3,(H,25,26)(H,27,30)/t20-/m1/s1. The fourth-order valence-corrected chi connectivity index (χ4v) is 3.55. The molecule has 0 unspecified atom stereocenters. The molecule has 12 heteroatoms. The van der Waals surface area contributed by atoms with Crippen molar-refractivity contribution in [2.75, 3.05) is 30.4 Å². The van der Waals surface area contributed by atoms with Crippen LogP contribution in [-0.2, 0) is 9.84 Å². The molecule has 10 nitrogen and oxygen atoms in total. The Morgan fingerprint density at radius 3 is 2.71 bits per heavy atom. The molecule has 0 radical (unpaired) electrons. The van der Waals surface area contributed by atoms with E-state index < -0.39 is 34.1 Å². The number of hydrogen-bond acceptors (Lipinski definition) is 8. The molecule has 0 aromatic carbocycles. The molecule has 180 valence electrons. The summed E-state index contributed by atoms with van der Waals surface area (Å²) in [7, 11) is -3.25. The summed E-state index contributed by atoms with van der Waals surface area (Å²) in [5, 5.41) is 28.4. The van der Waals surface area contributed by atoms with Crippen LogP contribution in [-0.4, -0.2) is 70.9 Å². The molecular formula is C22H25FN6O4S. The molecule has 0 spiro atoms. The minimum atomic E-state index is -3.25. The zero-order valence-corrected chi connectivity index (χ0v) is 19.7. The number of aliphatic hydroxyl groups is 1. The highest BCUT2D eigenvalue weighted by atomic mass is 32.2. The summed E-state index contributed by atoms with van der Waals surface area (Å²) in [6.45, 7) is 2.22. The van der Waals surface area contributed by atoms with Gasteiger partial charge in [0.1, 0.15) is 22.1 Å². The molecule has 1 amide bonds. The quantitative estimate of drug-likeness (QED) is 0.411. The van der Waals surface area contributed by atoms with Gasteiger partial charge in [0, 0.05) is 19.0 Å². The first-order valence-electron chi connectivity index (χ1n) is 10.3. The number of alkyl halides is 1. The lowest BCUT2D eigenvalue weighted by Crippen LogP contribution is -2.42. The average molecular weight is 489 g/mol. The molecular weight excluding hydrogens is 463 g/mol. The Morgan fingerprint density at radius 2 is 2.06 bits per heavy atom. The number of anilines is 1. The number of nitrogens with one attached hydrogen (secondary N) is 2. The largest absolute Gasteiger partial charge is 0.387 e. The van der Waals surface area contributed by atoms with Gasteiger partial charge in [-0.1, -0.05) is 0 Å². The monoisotopic (exact) mass is 488 g/mol. The van der Waals surface area contributed by atoms with Crippen molar-refractivity contribution in [3.63, 3.8) is 0 Å². The number of sulfone groups is 1. The molecule has 0 aliphatic heterocycles. The fourth-order valence-electron chi connectivity index (χ4n) is 3.08. The number of carbonyl (C=O) groups is 1. The maximum atomic E-state index is 14.1. The second-order valence-corrected chi connectivity index (χ2v) is 10.7. The molecule has 0 saturated heterocycles. The topological polar surface area (TPSA) is 149 Å². The molecule has 34 heavy (non-hydrogen) atoms. The summed E-state index contributed by atoms with van der Waals surface area (Å²) < 4.78 is 38.7. The minimum absolute atomic E-state index is 0.0383. The van der Waals surface area contributed by atoms with Gasteiger partial charge in [-0.3, -0.25) is 9.78 Å². The molecule has 3 rings (SSSR count). The van der Waals surface area contributed by atoms with E-state index in [2.05, 4.69) is 20.7 Å². The van der Waals surface area contributed by atoms with Gasteiger partial charge in [-0.25, -0.2) is 17.3 Å². The summed E-state index contributed by atoms with van der Waals surface area (Å²) in [6, 6.07) is 8.78. The van der Waals surface area contributed by atoms with E-state index in [1.807, 2.05) is 6.07 Å². The predicted molar refractivity (Wildman–Crippen MR) is 125 cm³/mol. The first kappa shape index (κ1) is 25.1. The van der Waals surface area contributed by atoms with E-state index in [-0.39, 0.29) is 17.9 Å². The van der Waals surface area contributed by atoms with Crippen molar-refractivity contribution >= 4 is 26.9 Å². The number of halogens is 1. The Morgan fingerprint density at radius 1 is 1.32 bits per heavy atom. The molecule has 0 aliphatic rings. The van der Waals surface area contributed by atoms with Crippen LogP contribution < -0.4 is 10.6 Å². The fraction of sp³-hybridized carbons (Fsp3) is 0.364. The third-order valence-corrected chi connectivity index (χ3v) is 5.98. The molecule has 1 atom stereocenters. The molecule has 3 aromatic rings. The lowest BCUT2D eigenvalue weighted by Gasteiger charge is -2.22. The van der Waals surface area contributed by atoms with Gasteiger partial charge in [0.05, 0.1) is 57.8 Å². The molecule has 0 fully saturated rings. The number of aromatic nitrogens is 3. The highest BCUT2D eigenvalue weighted by molar-refractivity contribution is 7.90. The van der Waals surface area contributed by atoms with Crippen molar-refractivity contribution in [3.05, 3.63) is 47.8 Å². The second-order valence-electron chi connectivity index (χ2n) is 8.41. The van der Waals surface area contributed by atoms with E-state index in [4.69, 9.17) is 5.26 Å². The van der Waals surface area contributed by atoms with Gasteiger partial charge < -0.3 is 15.7 Å². The average Bonchev–Trinajstić information content (AvgIpc) is 3.18. The van der Waals surface area contributed by atoms with Crippen LogP contribution in [0.3, 0.4) is 0 Å². The summed E-state index contributed by atoms with van der Waals surface area (Å²) in [5.41, 5.74) is 0.857. The zero-order chi connectivity index (χ0) is 25.1. The summed E-state index contributed by atoms with van der Waals surface area (Å²) in [4.78, 5) is 17.1. The second kappa shape index (κ2) is 9.74. The maximum Gasteiger partial charge on any atom is 0.255 e. The number of fused-ring (bicyclic) bond motifs is 1. The van der Waals surface area contributed by atoms with Gasteiger partial charge in [0.15, 0.2) is 0 Å². The van der Waals surface area contributed by atoms with E-state index in [0.717, 1.165) is 6.26 Å².